The van der Waals surface area contributed by atoms with E-state index in [1.165, 1.54) is 0 Å². The number of nitrogens with zero attached hydrogens (tertiary/aromatic N) is 2. The molecule has 0 saturated heterocycles. The average Bonchev–Trinajstić information content (AvgIpc) is 3.17. The number of aryl methyl sites for hydroxylation is 2. The van der Waals surface area contributed by atoms with Crippen LogP contribution in [0.4, 0.5) is 0 Å². The van der Waals surface area contributed by atoms with Crippen molar-refractivity contribution in [1.29, 1.82) is 0 Å². The number of rotatable bonds is 9. The molecule has 33 heavy (non-hydrogen) atoms. The molecule has 0 aliphatic carbocycles. The van der Waals surface area contributed by atoms with Crippen LogP contribution < -0.4 is 10.1 Å². The summed E-state index contributed by atoms with van der Waals surface area (Å²) in [5.41, 5.74) is 3.50. The van der Waals surface area contributed by atoms with E-state index in [1.54, 1.807) is 24.3 Å². The van der Waals surface area contributed by atoms with E-state index in [-0.39, 0.29) is 5.91 Å². The van der Waals surface area contributed by atoms with E-state index in [9.17, 15) is 4.79 Å². The van der Waals surface area contributed by atoms with Crippen molar-refractivity contribution in [3.63, 3.8) is 0 Å². The third-order valence-corrected chi connectivity index (χ3v) is 6.06. The van der Waals surface area contributed by atoms with Gasteiger partial charge in [-0.05, 0) is 73.9 Å². The molecule has 0 spiro atoms. The smallest absolute Gasteiger partial charge is 0.251 e. The molecular weight excluding hydrogens is 457 g/mol. The van der Waals surface area contributed by atoms with Gasteiger partial charge in [-0.2, -0.15) is 0 Å². The number of carbonyl (C=O) groups excluding carboxylic acids is 1. The number of nitrogens with one attached hydrogen (secondary N) is 1. The van der Waals surface area contributed by atoms with Crippen LogP contribution in [0.2, 0.25) is 10.0 Å². The second-order valence-corrected chi connectivity index (χ2v) is 8.67. The SMILES string of the molecule is Cc1cc(OCCCCn2c(CNC(=O)c3cccc(Cl)c3)nc3ccccc32)ccc1Cl. The van der Waals surface area contributed by atoms with Gasteiger partial charge >= 0.3 is 0 Å². The zero-order chi connectivity index (χ0) is 23.2. The highest BCUT2D eigenvalue weighted by molar-refractivity contribution is 6.31. The predicted molar refractivity (Wildman–Crippen MR) is 133 cm³/mol. The van der Waals surface area contributed by atoms with Crippen molar-refractivity contribution in [1.82, 2.24) is 14.9 Å². The number of ether oxygens (including phenoxy) is 1. The first-order valence-electron chi connectivity index (χ1n) is 10.9. The summed E-state index contributed by atoms with van der Waals surface area (Å²) in [5.74, 6) is 1.47. The highest BCUT2D eigenvalue weighted by Crippen LogP contribution is 2.22. The van der Waals surface area contributed by atoms with E-state index in [0.717, 1.165) is 52.6 Å². The maximum Gasteiger partial charge on any atom is 0.251 e. The van der Waals surface area contributed by atoms with Crippen LogP contribution in [0, 0.1) is 6.92 Å². The number of halogens is 2. The van der Waals surface area contributed by atoms with Gasteiger partial charge in [0.05, 0.1) is 24.2 Å². The van der Waals surface area contributed by atoms with Crippen LogP contribution in [0.1, 0.15) is 34.6 Å². The Morgan fingerprint density at radius 1 is 1.03 bits per heavy atom. The molecule has 0 saturated carbocycles. The van der Waals surface area contributed by atoms with Crippen molar-refractivity contribution in [2.75, 3.05) is 6.61 Å². The lowest BCUT2D eigenvalue weighted by molar-refractivity contribution is 0.0949. The Morgan fingerprint density at radius 2 is 1.88 bits per heavy atom. The summed E-state index contributed by atoms with van der Waals surface area (Å²) >= 11 is 12.1. The monoisotopic (exact) mass is 481 g/mol. The zero-order valence-electron chi connectivity index (χ0n) is 18.4. The van der Waals surface area contributed by atoms with Gasteiger partial charge in [-0.1, -0.05) is 41.4 Å². The van der Waals surface area contributed by atoms with Crippen LogP contribution >= 0.6 is 23.2 Å². The normalized spacial score (nSPS) is 11.0. The molecule has 0 radical (unpaired) electrons. The van der Waals surface area contributed by atoms with Gasteiger partial charge in [-0.3, -0.25) is 4.79 Å². The highest BCUT2D eigenvalue weighted by Gasteiger charge is 2.12. The first-order chi connectivity index (χ1) is 16.0. The maximum atomic E-state index is 12.5. The van der Waals surface area contributed by atoms with Crippen LogP contribution in [-0.2, 0) is 13.1 Å². The molecule has 0 fully saturated rings. The molecule has 0 aliphatic rings. The van der Waals surface area contributed by atoms with Gasteiger partial charge < -0.3 is 14.6 Å². The molecule has 1 aromatic heterocycles. The number of fused-ring (bicyclic) bond motifs is 1. The highest BCUT2D eigenvalue weighted by atomic mass is 35.5. The third-order valence-electron chi connectivity index (χ3n) is 5.40. The molecule has 1 heterocycles. The first kappa shape index (κ1) is 23.1. The van der Waals surface area contributed by atoms with Crippen LogP contribution in [0.3, 0.4) is 0 Å². The molecule has 1 N–H and O–H groups in total. The maximum absolute atomic E-state index is 12.5. The van der Waals surface area contributed by atoms with E-state index < -0.39 is 0 Å². The van der Waals surface area contributed by atoms with E-state index in [2.05, 4.69) is 16.0 Å². The first-order valence-corrected chi connectivity index (χ1v) is 11.6. The molecule has 3 aromatic carbocycles. The van der Waals surface area contributed by atoms with E-state index in [4.69, 9.17) is 32.9 Å². The Bertz CT molecular complexity index is 1270. The lowest BCUT2D eigenvalue weighted by atomic mass is 10.2. The van der Waals surface area contributed by atoms with Crippen molar-refractivity contribution in [3.8, 4) is 5.75 Å². The summed E-state index contributed by atoms with van der Waals surface area (Å²) in [6, 6.07) is 20.6. The molecule has 170 valence electrons. The molecule has 7 heteroatoms. The lowest BCUT2D eigenvalue weighted by Gasteiger charge is -2.11. The number of hydrogen-bond acceptors (Lipinski definition) is 3. The number of carbonyl (C=O) groups is 1. The van der Waals surface area contributed by atoms with E-state index >= 15 is 0 Å². The van der Waals surface area contributed by atoms with Crippen molar-refractivity contribution in [2.24, 2.45) is 0 Å². The van der Waals surface area contributed by atoms with Crippen LogP contribution in [0.15, 0.2) is 66.7 Å². The Morgan fingerprint density at radius 3 is 2.70 bits per heavy atom. The number of para-hydroxylation sites is 2. The molecule has 0 bridgehead atoms. The number of hydrogen-bond donors (Lipinski definition) is 1. The fraction of sp³-hybridized carbons (Fsp3) is 0.231. The van der Waals surface area contributed by atoms with Crippen LogP contribution in [-0.4, -0.2) is 22.1 Å². The van der Waals surface area contributed by atoms with Crippen LogP contribution in [0.5, 0.6) is 5.75 Å². The fourth-order valence-electron chi connectivity index (χ4n) is 3.67. The summed E-state index contributed by atoms with van der Waals surface area (Å²) in [6.45, 7) is 3.70. The number of amides is 1. The van der Waals surface area contributed by atoms with E-state index in [0.29, 0.717) is 23.7 Å². The van der Waals surface area contributed by atoms with Gasteiger partial charge in [0.2, 0.25) is 0 Å². The van der Waals surface area contributed by atoms with E-state index in [1.807, 2.05) is 43.3 Å². The third kappa shape index (κ3) is 5.86. The largest absolute Gasteiger partial charge is 0.494 e. The van der Waals surface area contributed by atoms with Gasteiger partial charge in [-0.15, -0.1) is 0 Å². The molecule has 1 amide bonds. The number of aromatic nitrogens is 2. The van der Waals surface area contributed by atoms with Gasteiger partial charge in [0.1, 0.15) is 11.6 Å². The Balaban J connectivity index is 1.37. The topological polar surface area (TPSA) is 56.1 Å². The lowest BCUT2D eigenvalue weighted by Crippen LogP contribution is -2.24. The number of unbranched alkanes of at least 4 members (excludes halogenated alkanes) is 1. The molecule has 0 unspecified atom stereocenters. The molecular formula is C26H25Cl2N3O2. The second kappa shape index (κ2) is 10.7. The minimum Gasteiger partial charge on any atom is -0.494 e. The minimum absolute atomic E-state index is 0.178. The molecule has 4 rings (SSSR count). The predicted octanol–water partition coefficient (Wildman–Crippen LogP) is 6.44. The zero-order valence-corrected chi connectivity index (χ0v) is 19.9. The Labute approximate surface area is 203 Å². The van der Waals surface area contributed by atoms with Crippen molar-refractivity contribution in [3.05, 3.63) is 93.7 Å². The fourth-order valence-corrected chi connectivity index (χ4v) is 3.98. The standard InChI is InChI=1S/C26H25Cl2N3O2/c1-18-15-21(11-12-22(18)28)33-14-5-4-13-31-24-10-3-2-9-23(24)30-25(31)17-29-26(32)19-7-6-8-20(27)16-19/h2-3,6-12,15-16H,4-5,13-14,17H2,1H3,(H,29,32). The molecule has 5 nitrogen and oxygen atoms in total. The number of benzene rings is 3. The quantitative estimate of drug-likeness (QED) is 0.279. The average molecular weight is 482 g/mol. The van der Waals surface area contributed by atoms with Crippen LogP contribution in [0.25, 0.3) is 11.0 Å². The summed E-state index contributed by atoms with van der Waals surface area (Å²) in [5, 5.41) is 4.23. The van der Waals surface area contributed by atoms with Gasteiger partial charge in [0.15, 0.2) is 0 Å². The van der Waals surface area contributed by atoms with Gasteiger partial charge in [-0.25, -0.2) is 4.98 Å². The van der Waals surface area contributed by atoms with Crippen molar-refractivity contribution >= 4 is 40.1 Å². The molecule has 4 aromatic rings. The molecule has 0 aliphatic heterocycles. The summed E-state index contributed by atoms with van der Waals surface area (Å²) < 4.78 is 8.03. The van der Waals surface area contributed by atoms with Gasteiger partial charge in [0, 0.05) is 22.2 Å². The summed E-state index contributed by atoms with van der Waals surface area (Å²) in [6.07, 6.45) is 1.81. The second-order valence-electron chi connectivity index (χ2n) is 7.83. The minimum atomic E-state index is -0.178. The Hall–Kier alpha value is -3.02. The van der Waals surface area contributed by atoms with Crippen molar-refractivity contribution < 1.29 is 9.53 Å². The summed E-state index contributed by atoms with van der Waals surface area (Å²) in [4.78, 5) is 17.3. The van der Waals surface area contributed by atoms with Crippen molar-refractivity contribution in [2.45, 2.75) is 32.9 Å². The molecule has 0 atom stereocenters. The Kier molecular flexibility index (Phi) is 7.53. The number of imidazole rings is 1. The van der Waals surface area contributed by atoms with Gasteiger partial charge in [0.25, 0.3) is 5.91 Å². The summed E-state index contributed by atoms with van der Waals surface area (Å²) in [7, 11) is 0.